The molecule has 17 heavy (non-hydrogen) atoms. The zero-order valence-electron chi connectivity index (χ0n) is 10.6. The van der Waals surface area contributed by atoms with E-state index < -0.39 is 18.1 Å². The lowest BCUT2D eigenvalue weighted by molar-refractivity contribution is -0.152. The highest BCUT2D eigenvalue weighted by atomic mass is 16.4. The van der Waals surface area contributed by atoms with Crippen LogP contribution in [-0.2, 0) is 9.59 Å². The van der Waals surface area contributed by atoms with Crippen molar-refractivity contribution in [1.29, 1.82) is 0 Å². The molecule has 0 unspecified atom stereocenters. The first kappa shape index (κ1) is 14.0. The third-order valence-electron chi connectivity index (χ3n) is 3.39. The summed E-state index contributed by atoms with van der Waals surface area (Å²) in [6.07, 6.45) is 5.05. The topological polar surface area (TPSA) is 83.6 Å². The van der Waals surface area contributed by atoms with Crippen molar-refractivity contribution in [1.82, 2.24) is 4.90 Å². The molecule has 0 saturated heterocycles. The Labute approximate surface area is 102 Å². The Kier molecular flexibility index (Phi) is 4.93. The van der Waals surface area contributed by atoms with E-state index in [0.717, 1.165) is 32.1 Å². The van der Waals surface area contributed by atoms with Gasteiger partial charge in [-0.25, -0.2) is 4.79 Å². The molecule has 0 aromatic heterocycles. The number of amides is 1. The van der Waals surface area contributed by atoms with E-state index in [2.05, 4.69) is 0 Å². The average Bonchev–Trinajstić information content (AvgIpc) is 2.30. The molecule has 0 aromatic carbocycles. The number of rotatable bonds is 4. The quantitative estimate of drug-likeness (QED) is 0.769. The van der Waals surface area contributed by atoms with E-state index in [0.29, 0.717) is 0 Å². The van der Waals surface area contributed by atoms with Gasteiger partial charge in [-0.05, 0) is 26.7 Å². The zero-order valence-corrected chi connectivity index (χ0v) is 10.6. The van der Waals surface area contributed by atoms with Gasteiger partial charge in [0.25, 0.3) is 0 Å². The van der Waals surface area contributed by atoms with Gasteiger partial charge in [-0.15, -0.1) is 0 Å². The van der Waals surface area contributed by atoms with Crippen LogP contribution in [0.15, 0.2) is 0 Å². The van der Waals surface area contributed by atoms with Gasteiger partial charge in [0.05, 0.1) is 6.04 Å². The molecule has 1 fully saturated rings. The smallest absolute Gasteiger partial charge is 0.326 e. The van der Waals surface area contributed by atoms with E-state index in [1.807, 2.05) is 0 Å². The van der Waals surface area contributed by atoms with E-state index in [-0.39, 0.29) is 11.9 Å². The summed E-state index contributed by atoms with van der Waals surface area (Å²) in [5.41, 5.74) is 5.60. The number of nitrogens with zero attached hydrogens (tertiary/aromatic N) is 1. The number of aliphatic carboxylic acids is 1. The summed E-state index contributed by atoms with van der Waals surface area (Å²) in [6, 6.07) is -1.40. The fraction of sp³-hybridized carbons (Fsp3) is 0.833. The average molecular weight is 242 g/mol. The normalized spacial score (nSPS) is 20.6. The second kappa shape index (κ2) is 6.00. The Bertz CT molecular complexity index is 285. The van der Waals surface area contributed by atoms with Crippen molar-refractivity contribution in [2.45, 2.75) is 64.1 Å². The molecule has 1 aliphatic rings. The Morgan fingerprint density at radius 1 is 1.24 bits per heavy atom. The first-order chi connectivity index (χ1) is 7.95. The monoisotopic (exact) mass is 242 g/mol. The second-order valence-electron chi connectivity index (χ2n) is 4.84. The standard InChI is InChI=1S/C12H22N2O3/c1-8(13)11(15)14(9(2)12(16)17)10-6-4-3-5-7-10/h8-10H,3-7,13H2,1-2H3,(H,16,17)/t8-,9-/m0/s1. The summed E-state index contributed by atoms with van der Waals surface area (Å²) in [7, 11) is 0. The number of nitrogens with two attached hydrogens (primary N) is 1. The van der Waals surface area contributed by atoms with Crippen molar-refractivity contribution in [3.05, 3.63) is 0 Å². The van der Waals surface area contributed by atoms with Crippen LogP contribution in [0.2, 0.25) is 0 Å². The van der Waals surface area contributed by atoms with Gasteiger partial charge >= 0.3 is 5.97 Å². The predicted molar refractivity (Wildman–Crippen MR) is 64.5 cm³/mol. The molecular weight excluding hydrogens is 220 g/mol. The third-order valence-corrected chi connectivity index (χ3v) is 3.39. The number of hydrogen-bond acceptors (Lipinski definition) is 3. The Hall–Kier alpha value is -1.10. The third kappa shape index (κ3) is 3.43. The van der Waals surface area contributed by atoms with E-state index in [1.165, 1.54) is 4.90 Å². The SMILES string of the molecule is C[C@H](N)C(=O)N(C1CCCCC1)[C@@H](C)C(=O)O. The van der Waals surface area contributed by atoms with Crippen LogP contribution in [0, 0.1) is 0 Å². The van der Waals surface area contributed by atoms with Crippen molar-refractivity contribution in [2.75, 3.05) is 0 Å². The number of hydrogen-bond donors (Lipinski definition) is 2. The summed E-state index contributed by atoms with van der Waals surface area (Å²) in [4.78, 5) is 24.6. The lowest BCUT2D eigenvalue weighted by Crippen LogP contribution is -2.54. The fourth-order valence-corrected chi connectivity index (χ4v) is 2.40. The minimum absolute atomic E-state index is 0.0355. The first-order valence-electron chi connectivity index (χ1n) is 6.25. The van der Waals surface area contributed by atoms with Crippen molar-refractivity contribution in [2.24, 2.45) is 5.73 Å². The van der Waals surface area contributed by atoms with Gasteiger partial charge in [-0.2, -0.15) is 0 Å². The van der Waals surface area contributed by atoms with Crippen LogP contribution < -0.4 is 5.73 Å². The van der Waals surface area contributed by atoms with Crippen LogP contribution in [0.4, 0.5) is 0 Å². The maximum absolute atomic E-state index is 12.0. The molecule has 1 saturated carbocycles. The predicted octanol–water partition coefficient (Wildman–Crippen LogP) is 0.968. The summed E-state index contributed by atoms with van der Waals surface area (Å²) in [6.45, 7) is 3.16. The van der Waals surface area contributed by atoms with Gasteiger partial charge in [0, 0.05) is 6.04 Å². The Morgan fingerprint density at radius 3 is 2.18 bits per heavy atom. The summed E-state index contributed by atoms with van der Waals surface area (Å²) in [5.74, 6) is -1.23. The Balaban J connectivity index is 2.84. The Morgan fingerprint density at radius 2 is 1.76 bits per heavy atom. The maximum Gasteiger partial charge on any atom is 0.326 e. The molecule has 0 aromatic rings. The van der Waals surface area contributed by atoms with Crippen LogP contribution in [0.25, 0.3) is 0 Å². The van der Waals surface area contributed by atoms with Crippen LogP contribution in [0.5, 0.6) is 0 Å². The molecule has 1 aliphatic carbocycles. The van der Waals surface area contributed by atoms with Crippen LogP contribution in [0.1, 0.15) is 46.0 Å². The van der Waals surface area contributed by atoms with Gasteiger partial charge in [-0.1, -0.05) is 19.3 Å². The van der Waals surface area contributed by atoms with Crippen molar-refractivity contribution >= 4 is 11.9 Å². The van der Waals surface area contributed by atoms with Gasteiger partial charge < -0.3 is 15.7 Å². The maximum atomic E-state index is 12.0. The second-order valence-corrected chi connectivity index (χ2v) is 4.84. The molecular formula is C12H22N2O3. The minimum atomic E-state index is -0.968. The summed E-state index contributed by atoms with van der Waals surface area (Å²) in [5, 5.41) is 9.08. The van der Waals surface area contributed by atoms with Crippen molar-refractivity contribution in [3.63, 3.8) is 0 Å². The first-order valence-corrected chi connectivity index (χ1v) is 6.25. The molecule has 3 N–H and O–H groups in total. The van der Waals surface area contributed by atoms with E-state index in [4.69, 9.17) is 10.8 Å². The van der Waals surface area contributed by atoms with Gasteiger partial charge in [0.2, 0.25) is 5.91 Å². The molecule has 0 heterocycles. The minimum Gasteiger partial charge on any atom is -0.480 e. The van der Waals surface area contributed by atoms with Crippen LogP contribution in [-0.4, -0.2) is 40.0 Å². The van der Waals surface area contributed by atoms with E-state index in [9.17, 15) is 9.59 Å². The molecule has 0 spiro atoms. The van der Waals surface area contributed by atoms with Crippen molar-refractivity contribution < 1.29 is 14.7 Å². The van der Waals surface area contributed by atoms with Gasteiger partial charge in [0.15, 0.2) is 0 Å². The fourth-order valence-electron chi connectivity index (χ4n) is 2.40. The number of carbonyl (C=O) groups is 2. The lowest BCUT2D eigenvalue weighted by atomic mass is 9.92. The van der Waals surface area contributed by atoms with Gasteiger partial charge in [0.1, 0.15) is 6.04 Å². The molecule has 2 atom stereocenters. The largest absolute Gasteiger partial charge is 0.480 e. The molecule has 5 nitrogen and oxygen atoms in total. The van der Waals surface area contributed by atoms with Crippen LogP contribution >= 0.6 is 0 Å². The molecule has 0 aliphatic heterocycles. The molecule has 0 bridgehead atoms. The molecule has 0 radical (unpaired) electrons. The molecule has 98 valence electrons. The molecule has 5 heteroatoms. The molecule has 1 rings (SSSR count). The zero-order chi connectivity index (χ0) is 13.0. The lowest BCUT2D eigenvalue weighted by Gasteiger charge is -2.37. The van der Waals surface area contributed by atoms with Crippen molar-refractivity contribution in [3.8, 4) is 0 Å². The van der Waals surface area contributed by atoms with Crippen LogP contribution in [0.3, 0.4) is 0 Å². The number of carboxylic acid groups (broad SMARTS) is 1. The van der Waals surface area contributed by atoms with E-state index in [1.54, 1.807) is 13.8 Å². The summed E-state index contributed by atoms with van der Waals surface area (Å²) < 4.78 is 0. The number of carbonyl (C=O) groups excluding carboxylic acids is 1. The molecule has 1 amide bonds. The number of carboxylic acids is 1. The highest BCUT2D eigenvalue weighted by Gasteiger charge is 2.33. The highest BCUT2D eigenvalue weighted by molar-refractivity contribution is 5.86. The summed E-state index contributed by atoms with van der Waals surface area (Å²) >= 11 is 0. The van der Waals surface area contributed by atoms with E-state index >= 15 is 0 Å². The highest BCUT2D eigenvalue weighted by Crippen LogP contribution is 2.24. The van der Waals surface area contributed by atoms with Gasteiger partial charge in [-0.3, -0.25) is 4.79 Å².